The van der Waals surface area contributed by atoms with Gasteiger partial charge in [0.1, 0.15) is 16.7 Å². The highest BCUT2D eigenvalue weighted by atomic mass is 79.9. The number of hydrogen-bond acceptors (Lipinski definition) is 5. The summed E-state index contributed by atoms with van der Waals surface area (Å²) in [7, 11) is 1.53. The number of halogens is 2. The molecule has 5 rings (SSSR count). The SMILES string of the molecule is COc1ccc(NC(=O)C(Sc2cccc(NC(=O)/C(=C\c3cccc(Br)c3)NC(=O)c3ccccc3)c2)c2ccccc2)cc1Cl. The van der Waals surface area contributed by atoms with E-state index in [2.05, 4.69) is 31.9 Å². The maximum absolute atomic E-state index is 13.6. The number of ether oxygens (including phenoxy) is 1. The van der Waals surface area contributed by atoms with Gasteiger partial charge in [-0.25, -0.2) is 0 Å². The van der Waals surface area contributed by atoms with Crippen molar-refractivity contribution in [2.24, 2.45) is 0 Å². The van der Waals surface area contributed by atoms with Crippen molar-refractivity contribution >= 4 is 74.5 Å². The quantitative estimate of drug-likeness (QED) is 0.0933. The second-order valence-corrected chi connectivity index (χ2v) is 12.7. The molecule has 47 heavy (non-hydrogen) atoms. The van der Waals surface area contributed by atoms with Crippen molar-refractivity contribution < 1.29 is 19.1 Å². The molecule has 5 aromatic rings. The standard InChI is InChI=1S/C37H29BrClN3O4S/c1-46-33-19-18-29(23-31(33)39)41-37(45)34(25-11-4-2-5-12-25)47-30-17-9-16-28(22-30)40-36(44)32(21-24-10-8-15-27(38)20-24)42-35(43)26-13-6-3-7-14-26/h2-23,34H,1H3,(H,40,44)(H,41,45)(H,42,43)/b32-21+. The van der Waals surface area contributed by atoms with Crippen LogP contribution in [0, 0.1) is 0 Å². The van der Waals surface area contributed by atoms with Gasteiger partial charge in [-0.1, -0.05) is 94.3 Å². The molecule has 7 nitrogen and oxygen atoms in total. The first-order chi connectivity index (χ1) is 22.8. The summed E-state index contributed by atoms with van der Waals surface area (Å²) in [6, 6.07) is 37.7. The molecule has 0 radical (unpaired) electrons. The number of methoxy groups -OCH3 is 1. The second-order valence-electron chi connectivity index (χ2n) is 10.2. The molecule has 0 aromatic heterocycles. The Bertz CT molecular complexity index is 1920. The summed E-state index contributed by atoms with van der Waals surface area (Å²) in [5, 5.41) is 8.37. The highest BCUT2D eigenvalue weighted by molar-refractivity contribution is 9.10. The van der Waals surface area contributed by atoms with Gasteiger partial charge in [-0.15, -0.1) is 11.8 Å². The zero-order valence-corrected chi connectivity index (χ0v) is 28.2. The van der Waals surface area contributed by atoms with Crippen LogP contribution in [0.3, 0.4) is 0 Å². The predicted octanol–water partition coefficient (Wildman–Crippen LogP) is 8.99. The fourth-order valence-electron chi connectivity index (χ4n) is 4.54. The van der Waals surface area contributed by atoms with Gasteiger partial charge >= 0.3 is 0 Å². The molecule has 0 aliphatic heterocycles. The number of nitrogens with one attached hydrogen (secondary N) is 3. The predicted molar refractivity (Wildman–Crippen MR) is 193 cm³/mol. The Balaban J connectivity index is 1.37. The van der Waals surface area contributed by atoms with E-state index in [0.717, 1.165) is 20.5 Å². The van der Waals surface area contributed by atoms with Crippen molar-refractivity contribution in [1.29, 1.82) is 0 Å². The zero-order valence-electron chi connectivity index (χ0n) is 25.1. The van der Waals surface area contributed by atoms with E-state index in [0.29, 0.717) is 27.7 Å². The Morgan fingerprint density at radius 1 is 0.787 bits per heavy atom. The normalized spacial score (nSPS) is 11.7. The zero-order chi connectivity index (χ0) is 33.2. The lowest BCUT2D eigenvalue weighted by molar-refractivity contribution is -0.116. The van der Waals surface area contributed by atoms with E-state index in [4.69, 9.17) is 16.3 Å². The summed E-state index contributed by atoms with van der Waals surface area (Å²) in [6.07, 6.45) is 1.61. The van der Waals surface area contributed by atoms with Crippen LogP contribution < -0.4 is 20.7 Å². The number of amides is 3. The Morgan fingerprint density at radius 2 is 1.49 bits per heavy atom. The first-order valence-corrected chi connectivity index (χ1v) is 16.4. The third kappa shape index (κ3) is 9.36. The third-order valence-electron chi connectivity index (χ3n) is 6.79. The number of thioether (sulfide) groups is 1. The maximum Gasteiger partial charge on any atom is 0.272 e. The Labute approximate surface area is 290 Å². The molecule has 0 aliphatic rings. The fraction of sp³-hybridized carbons (Fsp3) is 0.0541. The van der Waals surface area contributed by atoms with Gasteiger partial charge < -0.3 is 20.7 Å². The van der Waals surface area contributed by atoms with Crippen LogP contribution in [0.2, 0.25) is 5.02 Å². The van der Waals surface area contributed by atoms with Crippen LogP contribution in [0.1, 0.15) is 26.7 Å². The van der Waals surface area contributed by atoms with Crippen LogP contribution >= 0.6 is 39.3 Å². The molecule has 0 spiro atoms. The summed E-state index contributed by atoms with van der Waals surface area (Å²) < 4.78 is 6.05. The molecule has 3 amide bonds. The molecular formula is C37H29BrClN3O4S. The van der Waals surface area contributed by atoms with Crippen molar-refractivity contribution in [2.45, 2.75) is 10.1 Å². The largest absolute Gasteiger partial charge is 0.495 e. The third-order valence-corrected chi connectivity index (χ3v) is 8.83. The minimum absolute atomic E-state index is 0.0645. The van der Waals surface area contributed by atoms with Crippen LogP contribution in [-0.4, -0.2) is 24.8 Å². The van der Waals surface area contributed by atoms with Crippen LogP contribution in [0.4, 0.5) is 11.4 Å². The number of anilines is 2. The minimum Gasteiger partial charge on any atom is -0.495 e. The van der Waals surface area contributed by atoms with Crippen LogP contribution in [0.15, 0.2) is 142 Å². The van der Waals surface area contributed by atoms with E-state index in [-0.39, 0.29) is 11.6 Å². The maximum atomic E-state index is 13.6. The monoisotopic (exact) mass is 725 g/mol. The molecule has 10 heteroatoms. The summed E-state index contributed by atoms with van der Waals surface area (Å²) in [4.78, 5) is 41.0. The van der Waals surface area contributed by atoms with Crippen molar-refractivity contribution in [1.82, 2.24) is 5.32 Å². The average molecular weight is 727 g/mol. The molecular weight excluding hydrogens is 698 g/mol. The second kappa shape index (κ2) is 16.1. The fourth-order valence-corrected chi connectivity index (χ4v) is 6.30. The van der Waals surface area contributed by atoms with Crippen molar-refractivity contribution in [3.05, 3.63) is 159 Å². The van der Waals surface area contributed by atoms with Crippen molar-refractivity contribution in [2.75, 3.05) is 17.7 Å². The Morgan fingerprint density at radius 3 is 2.19 bits per heavy atom. The molecule has 0 fully saturated rings. The summed E-state index contributed by atoms with van der Waals surface area (Å²) in [5.74, 6) is -0.669. The van der Waals surface area contributed by atoms with Crippen LogP contribution in [0.5, 0.6) is 5.75 Å². The van der Waals surface area contributed by atoms with Gasteiger partial charge in [0.2, 0.25) is 5.91 Å². The smallest absolute Gasteiger partial charge is 0.272 e. The first-order valence-electron chi connectivity index (χ1n) is 14.4. The summed E-state index contributed by atoms with van der Waals surface area (Å²) in [5.41, 5.74) is 3.02. The number of carbonyl (C=O) groups excluding carboxylic acids is 3. The van der Waals surface area contributed by atoms with Gasteiger partial charge in [-0.05, 0) is 77.9 Å². The molecule has 1 atom stereocenters. The first kappa shape index (κ1) is 33.5. The minimum atomic E-state index is -0.625. The molecule has 0 saturated heterocycles. The molecule has 5 aromatic carbocycles. The van der Waals surface area contributed by atoms with Crippen molar-refractivity contribution in [3.8, 4) is 5.75 Å². The van der Waals surface area contributed by atoms with Gasteiger partial charge in [0.25, 0.3) is 11.8 Å². The topological polar surface area (TPSA) is 96.5 Å². The Hall–Kier alpha value is -4.83. The summed E-state index contributed by atoms with van der Waals surface area (Å²) in [6.45, 7) is 0. The highest BCUT2D eigenvalue weighted by Crippen LogP contribution is 2.38. The molecule has 0 bridgehead atoms. The van der Waals surface area contributed by atoms with E-state index in [9.17, 15) is 14.4 Å². The molecule has 0 aliphatic carbocycles. The Kier molecular flexibility index (Phi) is 11.5. The highest BCUT2D eigenvalue weighted by Gasteiger charge is 2.23. The number of benzene rings is 5. The lowest BCUT2D eigenvalue weighted by atomic mass is 10.1. The van der Waals surface area contributed by atoms with Gasteiger partial charge in [0.15, 0.2) is 0 Å². The van der Waals surface area contributed by atoms with E-state index in [1.165, 1.54) is 18.9 Å². The molecule has 236 valence electrons. The lowest BCUT2D eigenvalue weighted by Crippen LogP contribution is -2.30. The van der Waals surface area contributed by atoms with Crippen LogP contribution in [-0.2, 0) is 9.59 Å². The van der Waals surface area contributed by atoms with Crippen LogP contribution in [0.25, 0.3) is 6.08 Å². The van der Waals surface area contributed by atoms with Gasteiger partial charge in [-0.3, -0.25) is 14.4 Å². The van der Waals surface area contributed by atoms with E-state index >= 15 is 0 Å². The number of hydrogen-bond donors (Lipinski definition) is 3. The lowest BCUT2D eigenvalue weighted by Gasteiger charge is -2.18. The molecule has 0 heterocycles. The summed E-state index contributed by atoms with van der Waals surface area (Å²) >= 11 is 11.1. The van der Waals surface area contributed by atoms with E-state index in [1.54, 1.807) is 66.7 Å². The number of carbonyl (C=O) groups is 3. The van der Waals surface area contributed by atoms with Crippen molar-refractivity contribution in [3.63, 3.8) is 0 Å². The molecule has 1 unspecified atom stereocenters. The van der Waals surface area contributed by atoms with Gasteiger partial charge in [0, 0.05) is 26.3 Å². The van der Waals surface area contributed by atoms with E-state index < -0.39 is 17.1 Å². The van der Waals surface area contributed by atoms with Gasteiger partial charge in [0.05, 0.1) is 12.1 Å². The van der Waals surface area contributed by atoms with Gasteiger partial charge in [-0.2, -0.15) is 0 Å². The number of rotatable bonds is 11. The molecule has 0 saturated carbocycles. The average Bonchev–Trinajstić information content (AvgIpc) is 3.08. The molecule has 3 N–H and O–H groups in total. The van der Waals surface area contributed by atoms with E-state index in [1.807, 2.05) is 66.7 Å².